The number of rotatable bonds is 3. The van der Waals surface area contributed by atoms with E-state index in [-0.39, 0.29) is 11.9 Å². The highest BCUT2D eigenvalue weighted by Crippen LogP contribution is 2.30. The van der Waals surface area contributed by atoms with E-state index in [1.165, 1.54) is 0 Å². The molecule has 0 radical (unpaired) electrons. The van der Waals surface area contributed by atoms with Crippen LogP contribution in [0.4, 0.5) is 0 Å². The third kappa shape index (κ3) is 3.02. The highest BCUT2D eigenvalue weighted by atomic mass is 35.5. The zero-order valence-electron chi connectivity index (χ0n) is 13.3. The number of carbonyl (C=O) groups excluding carboxylic acids is 1. The number of carboxylic acids is 1. The van der Waals surface area contributed by atoms with Gasteiger partial charge in [-0.25, -0.2) is 0 Å². The molecule has 1 heterocycles. The van der Waals surface area contributed by atoms with Crippen LogP contribution >= 0.6 is 11.6 Å². The largest absolute Gasteiger partial charge is 0.481 e. The lowest BCUT2D eigenvalue weighted by Crippen LogP contribution is -2.37. The van der Waals surface area contributed by atoms with Gasteiger partial charge in [-0.05, 0) is 36.6 Å². The summed E-state index contributed by atoms with van der Waals surface area (Å²) in [5.74, 6) is -1.60. The molecule has 1 fully saturated rings. The highest BCUT2D eigenvalue weighted by Gasteiger charge is 2.38. The van der Waals surface area contributed by atoms with Gasteiger partial charge in [-0.2, -0.15) is 0 Å². The first-order chi connectivity index (χ1) is 11.5. The van der Waals surface area contributed by atoms with E-state index in [0.29, 0.717) is 23.6 Å². The maximum atomic E-state index is 12.9. The van der Waals surface area contributed by atoms with Crippen molar-refractivity contribution in [2.45, 2.75) is 19.4 Å². The third-order valence-corrected chi connectivity index (χ3v) is 4.97. The fraction of sp³-hybridized carbons (Fsp3) is 0.263. The molecule has 0 saturated carbocycles. The van der Waals surface area contributed by atoms with E-state index in [4.69, 9.17) is 11.6 Å². The monoisotopic (exact) mass is 343 g/mol. The van der Waals surface area contributed by atoms with Crippen molar-refractivity contribution in [1.82, 2.24) is 4.90 Å². The second kappa shape index (κ2) is 6.65. The zero-order chi connectivity index (χ0) is 17.3. The molecule has 1 aliphatic rings. The molecule has 1 saturated heterocycles. The summed E-state index contributed by atoms with van der Waals surface area (Å²) in [6.07, 6.45) is 0.470. The maximum absolute atomic E-state index is 12.9. The minimum atomic E-state index is -0.859. The molecule has 4 nitrogen and oxygen atoms in total. The van der Waals surface area contributed by atoms with E-state index in [2.05, 4.69) is 0 Å². The summed E-state index contributed by atoms with van der Waals surface area (Å²) in [6, 6.07) is 14.8. The normalized spacial score (nSPS) is 20.2. The maximum Gasteiger partial charge on any atom is 0.308 e. The quantitative estimate of drug-likeness (QED) is 0.918. The number of aliphatic carboxylic acids is 1. The van der Waals surface area contributed by atoms with Crippen molar-refractivity contribution in [2.24, 2.45) is 5.92 Å². The molecule has 24 heavy (non-hydrogen) atoms. The van der Waals surface area contributed by atoms with Crippen LogP contribution in [0, 0.1) is 5.92 Å². The molecule has 2 aromatic carbocycles. The minimum Gasteiger partial charge on any atom is -0.481 e. The number of halogens is 1. The van der Waals surface area contributed by atoms with Crippen molar-refractivity contribution in [2.75, 3.05) is 6.54 Å². The van der Waals surface area contributed by atoms with Gasteiger partial charge >= 0.3 is 5.97 Å². The Balaban J connectivity index is 1.92. The smallest absolute Gasteiger partial charge is 0.308 e. The number of carbonyl (C=O) groups is 2. The lowest BCUT2D eigenvalue weighted by molar-refractivity contribution is -0.142. The van der Waals surface area contributed by atoms with Gasteiger partial charge in [0.1, 0.15) is 0 Å². The average molecular weight is 344 g/mol. The van der Waals surface area contributed by atoms with Gasteiger partial charge in [0.25, 0.3) is 5.91 Å². The molecule has 5 heteroatoms. The van der Waals surface area contributed by atoms with Crippen LogP contribution in [0.1, 0.15) is 23.7 Å². The van der Waals surface area contributed by atoms with Crippen molar-refractivity contribution in [3.63, 3.8) is 0 Å². The first-order valence-electron chi connectivity index (χ1n) is 7.88. The van der Waals surface area contributed by atoms with E-state index >= 15 is 0 Å². The number of carboxylic acid groups (broad SMARTS) is 1. The van der Waals surface area contributed by atoms with Crippen LogP contribution in [0.15, 0.2) is 48.5 Å². The summed E-state index contributed by atoms with van der Waals surface area (Å²) in [5.41, 5.74) is 2.32. The number of benzene rings is 2. The summed E-state index contributed by atoms with van der Waals surface area (Å²) in [7, 11) is 0. The fourth-order valence-corrected chi connectivity index (χ4v) is 3.41. The zero-order valence-corrected chi connectivity index (χ0v) is 14.0. The molecular formula is C19H18ClNO3. The van der Waals surface area contributed by atoms with E-state index in [9.17, 15) is 14.7 Å². The Morgan fingerprint density at radius 3 is 2.46 bits per heavy atom. The summed E-state index contributed by atoms with van der Waals surface area (Å²) in [4.78, 5) is 25.7. The molecule has 0 aliphatic carbocycles. The highest BCUT2D eigenvalue weighted by molar-refractivity contribution is 6.34. The van der Waals surface area contributed by atoms with Crippen molar-refractivity contribution in [1.29, 1.82) is 0 Å². The summed E-state index contributed by atoms with van der Waals surface area (Å²) < 4.78 is 0. The van der Waals surface area contributed by atoms with Crippen LogP contribution in [0.3, 0.4) is 0 Å². The van der Waals surface area contributed by atoms with E-state index < -0.39 is 11.9 Å². The minimum absolute atomic E-state index is 0.214. The predicted octanol–water partition coefficient (Wildman–Crippen LogP) is 3.94. The van der Waals surface area contributed by atoms with Gasteiger partial charge < -0.3 is 10.0 Å². The Hall–Kier alpha value is -2.33. The second-order valence-electron chi connectivity index (χ2n) is 6.03. The number of amides is 1. The van der Waals surface area contributed by atoms with Crippen LogP contribution in [-0.2, 0) is 4.79 Å². The van der Waals surface area contributed by atoms with Gasteiger partial charge in [0, 0.05) is 12.6 Å². The van der Waals surface area contributed by atoms with Gasteiger partial charge in [0.05, 0.1) is 16.5 Å². The standard InChI is InChI=1S/C19H18ClNO3/c1-12-15(19(23)24)9-10-21(12)18(22)16-11-14(7-8-17(16)20)13-5-3-2-4-6-13/h2-8,11-12,15H,9-10H2,1H3,(H,23,24). The van der Waals surface area contributed by atoms with Crippen LogP contribution in [-0.4, -0.2) is 34.5 Å². The van der Waals surface area contributed by atoms with Crippen molar-refractivity contribution in [3.8, 4) is 11.1 Å². The van der Waals surface area contributed by atoms with Gasteiger partial charge in [-0.15, -0.1) is 0 Å². The molecule has 2 unspecified atom stereocenters. The first kappa shape index (κ1) is 16.5. The van der Waals surface area contributed by atoms with Crippen LogP contribution in [0.25, 0.3) is 11.1 Å². The average Bonchev–Trinajstić information content (AvgIpc) is 2.97. The molecule has 1 amide bonds. The lowest BCUT2D eigenvalue weighted by Gasteiger charge is -2.24. The Morgan fingerprint density at radius 2 is 1.83 bits per heavy atom. The van der Waals surface area contributed by atoms with E-state index in [1.807, 2.05) is 36.4 Å². The molecule has 0 aromatic heterocycles. The van der Waals surface area contributed by atoms with E-state index in [1.54, 1.807) is 24.0 Å². The summed E-state index contributed by atoms with van der Waals surface area (Å²) in [5, 5.41) is 9.62. The summed E-state index contributed by atoms with van der Waals surface area (Å²) >= 11 is 6.24. The van der Waals surface area contributed by atoms with Gasteiger partial charge in [0.15, 0.2) is 0 Å². The Kier molecular flexibility index (Phi) is 4.58. The van der Waals surface area contributed by atoms with E-state index in [0.717, 1.165) is 11.1 Å². The molecular weight excluding hydrogens is 326 g/mol. The van der Waals surface area contributed by atoms with Gasteiger partial charge in [-0.3, -0.25) is 9.59 Å². The molecule has 0 spiro atoms. The molecule has 1 N–H and O–H groups in total. The molecule has 124 valence electrons. The van der Waals surface area contributed by atoms with Crippen LogP contribution in [0.5, 0.6) is 0 Å². The number of hydrogen-bond acceptors (Lipinski definition) is 2. The Morgan fingerprint density at radius 1 is 1.12 bits per heavy atom. The predicted molar refractivity (Wildman–Crippen MR) is 93.1 cm³/mol. The molecule has 0 bridgehead atoms. The number of hydrogen-bond donors (Lipinski definition) is 1. The Bertz CT molecular complexity index is 775. The SMILES string of the molecule is CC1C(C(=O)O)CCN1C(=O)c1cc(-c2ccccc2)ccc1Cl. The lowest BCUT2D eigenvalue weighted by atomic mass is 10.0. The number of likely N-dealkylation sites (tertiary alicyclic amines) is 1. The third-order valence-electron chi connectivity index (χ3n) is 4.64. The second-order valence-corrected chi connectivity index (χ2v) is 6.44. The Labute approximate surface area is 145 Å². The van der Waals surface area contributed by atoms with Crippen molar-refractivity contribution >= 4 is 23.5 Å². The van der Waals surface area contributed by atoms with Gasteiger partial charge in [0.2, 0.25) is 0 Å². The molecule has 3 rings (SSSR count). The molecule has 2 atom stereocenters. The van der Waals surface area contributed by atoms with Crippen LogP contribution in [0.2, 0.25) is 5.02 Å². The summed E-state index contributed by atoms with van der Waals surface area (Å²) in [6.45, 7) is 2.21. The number of nitrogens with zero attached hydrogens (tertiary/aromatic N) is 1. The van der Waals surface area contributed by atoms with Crippen molar-refractivity contribution in [3.05, 3.63) is 59.1 Å². The topological polar surface area (TPSA) is 57.6 Å². The fourth-order valence-electron chi connectivity index (χ4n) is 3.21. The van der Waals surface area contributed by atoms with Crippen molar-refractivity contribution < 1.29 is 14.7 Å². The molecule has 1 aliphatic heterocycles. The van der Waals surface area contributed by atoms with Crippen LogP contribution < -0.4 is 0 Å². The first-order valence-corrected chi connectivity index (χ1v) is 8.25. The van der Waals surface area contributed by atoms with Gasteiger partial charge in [-0.1, -0.05) is 48.0 Å². The molecule has 2 aromatic rings.